The monoisotopic (exact) mass is 422 g/mol. The fourth-order valence-corrected chi connectivity index (χ4v) is 4.27. The number of sulfonamides is 1. The first-order valence-electron chi connectivity index (χ1n) is 9.17. The van der Waals surface area contributed by atoms with Crippen LogP contribution >= 0.6 is 11.6 Å². The van der Waals surface area contributed by atoms with E-state index in [9.17, 15) is 13.2 Å². The maximum absolute atomic E-state index is 12.3. The topological polar surface area (TPSA) is 66.5 Å². The van der Waals surface area contributed by atoms with Crippen LogP contribution in [0.3, 0.4) is 0 Å². The maximum atomic E-state index is 12.3. The van der Waals surface area contributed by atoms with Crippen molar-refractivity contribution >= 4 is 33.2 Å². The van der Waals surface area contributed by atoms with Gasteiger partial charge in [0, 0.05) is 18.0 Å². The van der Waals surface area contributed by atoms with Crippen LogP contribution in [0.25, 0.3) is 0 Å². The summed E-state index contributed by atoms with van der Waals surface area (Å²) in [5.74, 6) is -0.1000. The maximum Gasteiger partial charge on any atom is 0.232 e. The smallest absolute Gasteiger partial charge is 0.232 e. The SMILES string of the molecule is Cc1ccc([C@@H](C)NC(=O)CCCN(c2ccc(Cl)cc2)S(C)(=O)=O)c(C)c1. The molecule has 0 aromatic heterocycles. The van der Waals surface area contributed by atoms with Crippen molar-refractivity contribution < 1.29 is 13.2 Å². The Morgan fingerprint density at radius 3 is 2.36 bits per heavy atom. The minimum Gasteiger partial charge on any atom is -0.350 e. The summed E-state index contributed by atoms with van der Waals surface area (Å²) in [6.45, 7) is 6.24. The first kappa shape index (κ1) is 22.2. The van der Waals surface area contributed by atoms with Crippen molar-refractivity contribution in [3.8, 4) is 0 Å². The zero-order valence-electron chi connectivity index (χ0n) is 16.7. The number of carbonyl (C=O) groups excluding carboxylic acids is 1. The predicted octanol–water partition coefficient (Wildman–Crippen LogP) is 4.38. The molecule has 0 spiro atoms. The largest absolute Gasteiger partial charge is 0.350 e. The van der Waals surface area contributed by atoms with E-state index >= 15 is 0 Å². The molecule has 2 aromatic carbocycles. The van der Waals surface area contributed by atoms with Gasteiger partial charge in [0.25, 0.3) is 0 Å². The van der Waals surface area contributed by atoms with Gasteiger partial charge in [0.2, 0.25) is 15.9 Å². The fraction of sp³-hybridized carbons (Fsp3) is 0.381. The van der Waals surface area contributed by atoms with Gasteiger partial charge in [0.15, 0.2) is 0 Å². The van der Waals surface area contributed by atoms with Crippen LogP contribution in [0.5, 0.6) is 0 Å². The van der Waals surface area contributed by atoms with Gasteiger partial charge in [0.05, 0.1) is 18.0 Å². The number of anilines is 1. The summed E-state index contributed by atoms with van der Waals surface area (Å²) in [6.07, 6.45) is 1.82. The number of rotatable bonds is 8. The van der Waals surface area contributed by atoms with E-state index in [0.717, 1.165) is 17.4 Å². The van der Waals surface area contributed by atoms with Crippen LogP contribution in [-0.2, 0) is 14.8 Å². The number of hydrogen-bond donors (Lipinski definition) is 1. The highest BCUT2D eigenvalue weighted by Crippen LogP contribution is 2.21. The summed E-state index contributed by atoms with van der Waals surface area (Å²) in [4.78, 5) is 12.3. The number of halogens is 1. The molecule has 0 aliphatic rings. The van der Waals surface area contributed by atoms with Crippen LogP contribution in [0, 0.1) is 13.8 Å². The van der Waals surface area contributed by atoms with Crippen LogP contribution in [0.4, 0.5) is 5.69 Å². The highest BCUT2D eigenvalue weighted by atomic mass is 35.5. The number of aryl methyl sites for hydroxylation is 2. The molecule has 0 aliphatic carbocycles. The van der Waals surface area contributed by atoms with Crippen LogP contribution in [0.15, 0.2) is 42.5 Å². The van der Waals surface area contributed by atoms with Gasteiger partial charge in [-0.1, -0.05) is 35.4 Å². The van der Waals surface area contributed by atoms with E-state index in [-0.39, 0.29) is 24.9 Å². The molecule has 0 bridgehead atoms. The molecule has 7 heteroatoms. The molecule has 2 aromatic rings. The molecule has 0 fully saturated rings. The molecule has 0 radical (unpaired) electrons. The molecule has 0 aliphatic heterocycles. The van der Waals surface area contributed by atoms with Crippen LogP contribution < -0.4 is 9.62 Å². The Hall–Kier alpha value is -2.05. The van der Waals surface area contributed by atoms with E-state index in [1.807, 2.05) is 32.9 Å². The Labute approximate surface area is 172 Å². The van der Waals surface area contributed by atoms with Crippen molar-refractivity contribution in [1.82, 2.24) is 5.32 Å². The number of carbonyl (C=O) groups is 1. The lowest BCUT2D eigenvalue weighted by atomic mass is 10.00. The Bertz CT molecular complexity index is 927. The van der Waals surface area contributed by atoms with Crippen molar-refractivity contribution in [2.75, 3.05) is 17.1 Å². The molecule has 1 atom stereocenters. The molecule has 0 heterocycles. The number of nitrogens with one attached hydrogen (secondary N) is 1. The van der Waals surface area contributed by atoms with E-state index in [0.29, 0.717) is 17.1 Å². The lowest BCUT2D eigenvalue weighted by Gasteiger charge is -2.22. The molecule has 2 rings (SSSR count). The van der Waals surface area contributed by atoms with Gasteiger partial charge in [-0.15, -0.1) is 0 Å². The van der Waals surface area contributed by atoms with E-state index in [1.54, 1.807) is 24.3 Å². The van der Waals surface area contributed by atoms with E-state index in [2.05, 4.69) is 11.4 Å². The number of benzene rings is 2. The predicted molar refractivity (Wildman–Crippen MR) is 115 cm³/mol. The van der Waals surface area contributed by atoms with Gasteiger partial charge in [-0.2, -0.15) is 0 Å². The third kappa shape index (κ3) is 6.24. The average molecular weight is 423 g/mol. The van der Waals surface area contributed by atoms with Gasteiger partial charge < -0.3 is 5.32 Å². The summed E-state index contributed by atoms with van der Waals surface area (Å²) in [7, 11) is -3.45. The Balaban J connectivity index is 1.94. The molecule has 0 saturated carbocycles. The molecular weight excluding hydrogens is 396 g/mol. The number of nitrogens with zero attached hydrogens (tertiary/aromatic N) is 1. The van der Waals surface area contributed by atoms with E-state index < -0.39 is 10.0 Å². The Kier molecular flexibility index (Phi) is 7.49. The number of amides is 1. The molecule has 152 valence electrons. The quantitative estimate of drug-likeness (QED) is 0.686. The van der Waals surface area contributed by atoms with Gasteiger partial charge in [-0.3, -0.25) is 9.10 Å². The summed E-state index contributed by atoms with van der Waals surface area (Å²) >= 11 is 5.87. The van der Waals surface area contributed by atoms with Crippen LogP contribution in [-0.4, -0.2) is 27.1 Å². The Morgan fingerprint density at radius 1 is 1.14 bits per heavy atom. The molecular formula is C21H27ClN2O3S. The highest BCUT2D eigenvalue weighted by Gasteiger charge is 2.18. The van der Waals surface area contributed by atoms with Crippen molar-refractivity contribution in [1.29, 1.82) is 0 Å². The first-order chi connectivity index (χ1) is 13.1. The summed E-state index contributed by atoms with van der Waals surface area (Å²) < 4.78 is 25.5. The second-order valence-electron chi connectivity index (χ2n) is 7.06. The normalized spacial score (nSPS) is 12.5. The fourth-order valence-electron chi connectivity index (χ4n) is 3.18. The standard InChI is InChI=1S/C21H27ClN2O3S/c1-15-7-12-20(16(2)14-15)17(3)23-21(25)6-5-13-24(28(4,26)27)19-10-8-18(22)9-11-19/h7-12,14,17H,5-6,13H2,1-4H3,(H,23,25)/t17-/m1/s1. The molecule has 1 amide bonds. The zero-order chi connectivity index (χ0) is 20.9. The van der Waals surface area contributed by atoms with Crippen molar-refractivity contribution in [3.05, 3.63) is 64.2 Å². The van der Waals surface area contributed by atoms with Gasteiger partial charge in [-0.25, -0.2) is 8.42 Å². The Morgan fingerprint density at radius 2 is 1.79 bits per heavy atom. The molecule has 28 heavy (non-hydrogen) atoms. The summed E-state index contributed by atoms with van der Waals surface area (Å²) in [5.41, 5.74) is 3.94. The van der Waals surface area contributed by atoms with E-state index in [1.165, 1.54) is 9.87 Å². The zero-order valence-corrected chi connectivity index (χ0v) is 18.3. The third-order valence-corrected chi connectivity index (χ3v) is 6.00. The minimum atomic E-state index is -3.45. The average Bonchev–Trinajstić information content (AvgIpc) is 2.58. The highest BCUT2D eigenvalue weighted by molar-refractivity contribution is 7.92. The van der Waals surface area contributed by atoms with Crippen LogP contribution in [0.1, 0.15) is 42.5 Å². The third-order valence-electron chi connectivity index (χ3n) is 4.55. The second-order valence-corrected chi connectivity index (χ2v) is 9.41. The summed E-state index contributed by atoms with van der Waals surface area (Å²) in [6, 6.07) is 12.7. The minimum absolute atomic E-state index is 0.1000. The second kappa shape index (κ2) is 9.43. The van der Waals surface area contributed by atoms with Crippen molar-refractivity contribution in [3.63, 3.8) is 0 Å². The number of hydrogen-bond acceptors (Lipinski definition) is 3. The van der Waals surface area contributed by atoms with E-state index in [4.69, 9.17) is 11.6 Å². The molecule has 5 nitrogen and oxygen atoms in total. The lowest BCUT2D eigenvalue weighted by Crippen LogP contribution is -2.32. The van der Waals surface area contributed by atoms with Crippen molar-refractivity contribution in [2.24, 2.45) is 0 Å². The summed E-state index contributed by atoms with van der Waals surface area (Å²) in [5, 5.41) is 3.53. The van der Waals surface area contributed by atoms with Gasteiger partial charge in [-0.05, 0) is 62.6 Å². The molecule has 1 N–H and O–H groups in total. The molecule has 0 unspecified atom stereocenters. The van der Waals surface area contributed by atoms with Crippen LogP contribution in [0.2, 0.25) is 5.02 Å². The van der Waals surface area contributed by atoms with Crippen molar-refractivity contribution in [2.45, 2.75) is 39.7 Å². The van der Waals surface area contributed by atoms with Gasteiger partial charge >= 0.3 is 0 Å². The van der Waals surface area contributed by atoms with Gasteiger partial charge in [0.1, 0.15) is 0 Å². The first-order valence-corrected chi connectivity index (χ1v) is 11.4. The lowest BCUT2D eigenvalue weighted by molar-refractivity contribution is -0.121. The molecule has 0 saturated heterocycles.